The van der Waals surface area contributed by atoms with E-state index in [-0.39, 0.29) is 5.91 Å². The van der Waals surface area contributed by atoms with Gasteiger partial charge in [0.1, 0.15) is 6.04 Å². The Labute approximate surface area is 112 Å². The fourth-order valence-electron chi connectivity index (χ4n) is 1.92. The van der Waals surface area contributed by atoms with Gasteiger partial charge in [-0.2, -0.15) is 5.10 Å². The van der Waals surface area contributed by atoms with Crippen molar-refractivity contribution < 1.29 is 4.79 Å². The van der Waals surface area contributed by atoms with E-state index < -0.39 is 6.04 Å². The van der Waals surface area contributed by atoms with Crippen molar-refractivity contribution in [3.05, 3.63) is 47.8 Å². The van der Waals surface area contributed by atoms with Gasteiger partial charge in [-0.3, -0.25) is 9.48 Å². The average Bonchev–Trinajstić information content (AvgIpc) is 2.78. The molecule has 19 heavy (non-hydrogen) atoms. The summed E-state index contributed by atoms with van der Waals surface area (Å²) in [6, 6.07) is 8.63. The Hall–Kier alpha value is -2.14. The van der Waals surface area contributed by atoms with Gasteiger partial charge in [-0.25, -0.2) is 0 Å². The van der Waals surface area contributed by atoms with Crippen LogP contribution in [-0.4, -0.2) is 15.7 Å². The van der Waals surface area contributed by atoms with Crippen LogP contribution in [0.3, 0.4) is 0 Å². The fraction of sp³-hybridized carbons (Fsp3) is 0.286. The van der Waals surface area contributed by atoms with E-state index in [2.05, 4.69) is 10.4 Å². The van der Waals surface area contributed by atoms with Crippen molar-refractivity contribution >= 4 is 11.6 Å². The van der Waals surface area contributed by atoms with Gasteiger partial charge >= 0.3 is 0 Å². The number of anilines is 1. The first-order valence-corrected chi connectivity index (χ1v) is 6.25. The van der Waals surface area contributed by atoms with E-state index in [1.807, 2.05) is 44.3 Å². The molecule has 1 amide bonds. The molecule has 5 heteroatoms. The number of carbonyl (C=O) groups is 1. The molecule has 1 aromatic carbocycles. The molecule has 3 N–H and O–H groups in total. The Kier molecular flexibility index (Phi) is 3.97. The predicted octanol–water partition coefficient (Wildman–Crippen LogP) is 1.62. The van der Waals surface area contributed by atoms with E-state index in [0.717, 1.165) is 23.4 Å². The van der Waals surface area contributed by atoms with E-state index >= 15 is 0 Å². The van der Waals surface area contributed by atoms with Gasteiger partial charge in [-0.05, 0) is 12.0 Å². The molecule has 0 saturated carbocycles. The van der Waals surface area contributed by atoms with Crippen LogP contribution in [0.4, 0.5) is 5.69 Å². The molecule has 1 aromatic heterocycles. The second-order valence-electron chi connectivity index (χ2n) is 4.39. The lowest BCUT2D eigenvalue weighted by Gasteiger charge is -2.12. The summed E-state index contributed by atoms with van der Waals surface area (Å²) in [5, 5.41) is 7.11. The van der Waals surface area contributed by atoms with Crippen LogP contribution in [0.1, 0.15) is 24.2 Å². The van der Waals surface area contributed by atoms with Gasteiger partial charge in [0, 0.05) is 13.2 Å². The lowest BCUT2D eigenvalue weighted by molar-refractivity contribution is -0.117. The summed E-state index contributed by atoms with van der Waals surface area (Å²) in [7, 11) is 1.83. The largest absolute Gasteiger partial charge is 0.322 e. The van der Waals surface area contributed by atoms with Crippen LogP contribution in [-0.2, 0) is 18.3 Å². The van der Waals surface area contributed by atoms with Crippen LogP contribution < -0.4 is 11.1 Å². The van der Waals surface area contributed by atoms with Crippen molar-refractivity contribution in [1.82, 2.24) is 9.78 Å². The molecule has 1 heterocycles. The number of nitrogens with one attached hydrogen (secondary N) is 1. The molecule has 2 rings (SSSR count). The minimum atomic E-state index is -0.675. The molecule has 5 nitrogen and oxygen atoms in total. The Bertz CT molecular complexity index is 562. The molecular formula is C14H18N4O. The van der Waals surface area contributed by atoms with E-state index in [4.69, 9.17) is 5.73 Å². The zero-order valence-corrected chi connectivity index (χ0v) is 11.1. The highest BCUT2D eigenvalue weighted by Gasteiger charge is 2.17. The number of hydrogen-bond donors (Lipinski definition) is 2. The normalized spacial score (nSPS) is 12.2. The maximum absolute atomic E-state index is 12.1. The van der Waals surface area contributed by atoms with E-state index in [0.29, 0.717) is 0 Å². The summed E-state index contributed by atoms with van der Waals surface area (Å²) >= 11 is 0. The molecule has 2 aromatic rings. The summed E-state index contributed by atoms with van der Waals surface area (Å²) in [5.74, 6) is -0.228. The Morgan fingerprint density at radius 3 is 2.74 bits per heavy atom. The van der Waals surface area contributed by atoms with Crippen molar-refractivity contribution in [3.63, 3.8) is 0 Å². The Balaban J connectivity index is 2.13. The molecule has 1 atom stereocenters. The zero-order chi connectivity index (χ0) is 13.8. The van der Waals surface area contributed by atoms with Crippen LogP contribution in [0.15, 0.2) is 36.5 Å². The minimum absolute atomic E-state index is 0.228. The van der Waals surface area contributed by atoms with Gasteiger partial charge in [0.05, 0.1) is 11.4 Å². The van der Waals surface area contributed by atoms with Crippen molar-refractivity contribution in [2.24, 2.45) is 12.8 Å². The first-order chi connectivity index (χ1) is 9.11. The summed E-state index contributed by atoms with van der Waals surface area (Å²) in [6.45, 7) is 2.00. The van der Waals surface area contributed by atoms with Gasteiger partial charge in [0.25, 0.3) is 0 Å². The molecule has 0 aliphatic heterocycles. The minimum Gasteiger partial charge on any atom is -0.322 e. The highest BCUT2D eigenvalue weighted by Crippen LogP contribution is 2.17. The molecule has 0 bridgehead atoms. The number of nitrogens with zero attached hydrogens (tertiary/aromatic N) is 2. The Morgan fingerprint density at radius 2 is 2.11 bits per heavy atom. The number of hydrogen-bond acceptors (Lipinski definition) is 3. The quantitative estimate of drug-likeness (QED) is 0.875. The number of aromatic nitrogens is 2. The smallest absolute Gasteiger partial charge is 0.245 e. The summed E-state index contributed by atoms with van der Waals surface area (Å²) in [4.78, 5) is 12.1. The van der Waals surface area contributed by atoms with Gasteiger partial charge < -0.3 is 11.1 Å². The van der Waals surface area contributed by atoms with Crippen molar-refractivity contribution in [1.29, 1.82) is 0 Å². The Morgan fingerprint density at radius 1 is 1.42 bits per heavy atom. The van der Waals surface area contributed by atoms with E-state index in [1.54, 1.807) is 10.9 Å². The molecule has 0 fully saturated rings. The van der Waals surface area contributed by atoms with Crippen molar-refractivity contribution in [3.8, 4) is 0 Å². The van der Waals surface area contributed by atoms with Crippen molar-refractivity contribution in [2.75, 3.05) is 5.32 Å². The maximum atomic E-state index is 12.1. The SMILES string of the molecule is CCc1nn(C)cc1NC(=O)C(N)c1ccccc1. The van der Waals surface area contributed by atoms with Crippen LogP contribution in [0.2, 0.25) is 0 Å². The molecule has 0 aliphatic carbocycles. The first kappa shape index (κ1) is 13.3. The molecule has 0 radical (unpaired) electrons. The maximum Gasteiger partial charge on any atom is 0.245 e. The van der Waals surface area contributed by atoms with Gasteiger partial charge in [0.2, 0.25) is 5.91 Å². The standard InChI is InChI=1S/C14H18N4O/c1-3-11-12(9-18(2)17-11)16-14(19)13(15)10-7-5-4-6-8-10/h4-9,13H,3,15H2,1-2H3,(H,16,19). The number of nitrogens with two attached hydrogens (primary N) is 1. The lowest BCUT2D eigenvalue weighted by atomic mass is 10.1. The highest BCUT2D eigenvalue weighted by molar-refractivity contribution is 5.95. The first-order valence-electron chi connectivity index (χ1n) is 6.25. The third-order valence-corrected chi connectivity index (χ3v) is 2.94. The topological polar surface area (TPSA) is 72.9 Å². The van der Waals surface area contributed by atoms with E-state index in [9.17, 15) is 4.79 Å². The third kappa shape index (κ3) is 3.00. The van der Waals surface area contributed by atoms with Gasteiger partial charge in [0.15, 0.2) is 0 Å². The predicted molar refractivity (Wildman–Crippen MR) is 74.6 cm³/mol. The molecule has 0 aliphatic rings. The number of benzene rings is 1. The second-order valence-corrected chi connectivity index (χ2v) is 4.39. The van der Waals surface area contributed by atoms with Crippen molar-refractivity contribution in [2.45, 2.75) is 19.4 Å². The number of rotatable bonds is 4. The summed E-state index contributed by atoms with van der Waals surface area (Å²) < 4.78 is 1.68. The summed E-state index contributed by atoms with van der Waals surface area (Å²) in [5.41, 5.74) is 8.32. The monoisotopic (exact) mass is 258 g/mol. The highest BCUT2D eigenvalue weighted by atomic mass is 16.2. The molecule has 0 saturated heterocycles. The third-order valence-electron chi connectivity index (χ3n) is 2.94. The number of carbonyl (C=O) groups excluding carboxylic acids is 1. The lowest BCUT2D eigenvalue weighted by Crippen LogP contribution is -2.27. The number of amides is 1. The van der Waals surface area contributed by atoms with E-state index in [1.165, 1.54) is 0 Å². The molecule has 1 unspecified atom stereocenters. The molecule has 100 valence electrons. The second kappa shape index (κ2) is 5.67. The van der Waals surface area contributed by atoms with Crippen LogP contribution in [0.25, 0.3) is 0 Å². The fourth-order valence-corrected chi connectivity index (χ4v) is 1.92. The molecular weight excluding hydrogens is 240 g/mol. The average molecular weight is 258 g/mol. The summed E-state index contributed by atoms with van der Waals surface area (Å²) in [6.07, 6.45) is 2.55. The van der Waals surface area contributed by atoms with Crippen LogP contribution in [0, 0.1) is 0 Å². The van der Waals surface area contributed by atoms with Crippen LogP contribution in [0.5, 0.6) is 0 Å². The van der Waals surface area contributed by atoms with Crippen LogP contribution >= 0.6 is 0 Å². The van der Waals surface area contributed by atoms with Gasteiger partial charge in [-0.1, -0.05) is 37.3 Å². The molecule has 0 spiro atoms. The number of aryl methyl sites for hydroxylation is 2. The van der Waals surface area contributed by atoms with Gasteiger partial charge in [-0.15, -0.1) is 0 Å². The zero-order valence-electron chi connectivity index (χ0n) is 11.1.